The lowest BCUT2D eigenvalue weighted by Crippen LogP contribution is -2.12. The molecule has 0 saturated carbocycles. The van der Waals surface area contributed by atoms with Crippen LogP contribution in [0.15, 0.2) is 46.9 Å². The Morgan fingerprint density at radius 2 is 1.72 bits per heavy atom. The van der Waals surface area contributed by atoms with E-state index in [0.717, 1.165) is 23.0 Å². The summed E-state index contributed by atoms with van der Waals surface area (Å²) >= 11 is 3.57. The molecule has 2 rings (SSSR count). The molecule has 25 heavy (non-hydrogen) atoms. The molecular formula is C22H28BrNO. The molecule has 0 heterocycles. The highest BCUT2D eigenvalue weighted by Crippen LogP contribution is 2.25. The van der Waals surface area contributed by atoms with E-state index in [1.807, 2.05) is 6.07 Å². The molecule has 2 nitrogen and oxygen atoms in total. The molecule has 1 amide bonds. The zero-order valence-electron chi connectivity index (χ0n) is 15.4. The van der Waals surface area contributed by atoms with Crippen molar-refractivity contribution in [1.29, 1.82) is 0 Å². The lowest BCUT2D eigenvalue weighted by atomic mass is 10.0. The average Bonchev–Trinajstić information content (AvgIpc) is 2.60. The fourth-order valence-electron chi connectivity index (χ4n) is 2.74. The third kappa shape index (κ3) is 6.32. The summed E-state index contributed by atoms with van der Waals surface area (Å²) in [6, 6.07) is 14.8. The molecule has 0 aliphatic rings. The molecule has 1 N–H and O–H groups in total. The van der Waals surface area contributed by atoms with Gasteiger partial charge < -0.3 is 5.32 Å². The summed E-state index contributed by atoms with van der Waals surface area (Å²) in [6.45, 7) is 6.57. The summed E-state index contributed by atoms with van der Waals surface area (Å²) < 4.78 is 0.954. The molecular weight excluding hydrogens is 374 g/mol. The topological polar surface area (TPSA) is 29.1 Å². The molecule has 0 spiro atoms. The zero-order chi connectivity index (χ0) is 18.2. The van der Waals surface area contributed by atoms with Crippen LogP contribution in [0.1, 0.15) is 62.6 Å². The third-order valence-corrected chi connectivity index (χ3v) is 5.07. The van der Waals surface area contributed by atoms with Crippen LogP contribution in [0.25, 0.3) is 0 Å². The minimum atomic E-state index is 0.0509. The number of carbonyl (C=O) groups is 1. The summed E-state index contributed by atoms with van der Waals surface area (Å²) in [5.74, 6) is 0.588. The smallest absolute Gasteiger partial charge is 0.224 e. The van der Waals surface area contributed by atoms with Crippen molar-refractivity contribution in [1.82, 2.24) is 0 Å². The fraction of sp³-hybridized carbons (Fsp3) is 0.409. The van der Waals surface area contributed by atoms with Crippen LogP contribution in [0.4, 0.5) is 5.69 Å². The van der Waals surface area contributed by atoms with Gasteiger partial charge in [-0.25, -0.2) is 0 Å². The first-order valence-corrected chi connectivity index (χ1v) is 9.96. The summed E-state index contributed by atoms with van der Waals surface area (Å²) in [4.78, 5) is 12.2. The van der Waals surface area contributed by atoms with Crippen molar-refractivity contribution in [2.75, 3.05) is 5.32 Å². The van der Waals surface area contributed by atoms with Crippen molar-refractivity contribution < 1.29 is 4.79 Å². The Bertz CT molecular complexity index is 692. The number of carbonyl (C=O) groups excluding carboxylic acids is 1. The second-order valence-electron chi connectivity index (χ2n) is 6.86. The van der Waals surface area contributed by atoms with Crippen LogP contribution in [0.2, 0.25) is 0 Å². The summed E-state index contributed by atoms with van der Waals surface area (Å²) in [5.41, 5.74) is 4.69. The van der Waals surface area contributed by atoms with Gasteiger partial charge in [-0.3, -0.25) is 4.79 Å². The molecule has 0 aliphatic heterocycles. The predicted octanol–water partition coefficient (Wildman–Crippen LogP) is 6.49. The van der Waals surface area contributed by atoms with Gasteiger partial charge in [0.15, 0.2) is 0 Å². The second kappa shape index (κ2) is 9.76. The number of amides is 1. The average molecular weight is 402 g/mol. The number of benzene rings is 2. The minimum Gasteiger partial charge on any atom is -0.325 e. The molecule has 0 unspecified atom stereocenters. The lowest BCUT2D eigenvalue weighted by Gasteiger charge is -2.10. The van der Waals surface area contributed by atoms with E-state index >= 15 is 0 Å². The molecule has 0 fully saturated rings. The van der Waals surface area contributed by atoms with Crippen LogP contribution < -0.4 is 5.32 Å². The highest BCUT2D eigenvalue weighted by molar-refractivity contribution is 9.10. The molecule has 0 bridgehead atoms. The van der Waals surface area contributed by atoms with Gasteiger partial charge in [0.25, 0.3) is 0 Å². The number of anilines is 1. The van der Waals surface area contributed by atoms with E-state index < -0.39 is 0 Å². The van der Waals surface area contributed by atoms with Gasteiger partial charge in [-0.05, 0) is 69.9 Å². The molecule has 134 valence electrons. The van der Waals surface area contributed by atoms with Crippen LogP contribution >= 0.6 is 15.9 Å². The van der Waals surface area contributed by atoms with Gasteiger partial charge in [-0.2, -0.15) is 0 Å². The highest BCUT2D eigenvalue weighted by Gasteiger charge is 2.07. The Kier molecular flexibility index (Phi) is 7.70. The maximum Gasteiger partial charge on any atom is 0.224 e. The molecule has 0 aromatic heterocycles. The molecule has 2 aromatic rings. The normalized spacial score (nSPS) is 10.9. The molecule has 0 atom stereocenters. The van der Waals surface area contributed by atoms with Gasteiger partial charge in [0, 0.05) is 10.9 Å². The molecule has 0 saturated heterocycles. The summed E-state index contributed by atoms with van der Waals surface area (Å²) in [6.07, 6.45) is 4.71. The zero-order valence-corrected chi connectivity index (χ0v) is 17.0. The van der Waals surface area contributed by atoms with E-state index in [1.165, 1.54) is 29.5 Å². The number of unbranched alkanes of at least 4 members (excludes halogenated alkanes) is 1. The van der Waals surface area contributed by atoms with E-state index in [9.17, 15) is 4.79 Å². The fourth-order valence-corrected chi connectivity index (χ4v) is 3.26. The Hall–Kier alpha value is -1.61. The van der Waals surface area contributed by atoms with Gasteiger partial charge in [-0.1, -0.05) is 57.5 Å². The van der Waals surface area contributed by atoms with Gasteiger partial charge in [0.1, 0.15) is 0 Å². The molecule has 2 aromatic carbocycles. The van der Waals surface area contributed by atoms with Gasteiger partial charge in [0.05, 0.1) is 5.69 Å². The lowest BCUT2D eigenvalue weighted by molar-refractivity contribution is -0.116. The number of rotatable bonds is 8. The Morgan fingerprint density at radius 3 is 2.32 bits per heavy atom. The quantitative estimate of drug-likeness (QED) is 0.538. The molecule has 0 radical (unpaired) electrons. The number of hydrogen-bond donors (Lipinski definition) is 1. The standard InChI is InChI=1S/C22H28BrNO/c1-4-5-6-18-9-13-21(20(23)15-18)24-22(25)14-10-17-7-11-19(12-8-17)16(2)3/h7-9,11-13,15-16H,4-6,10,14H2,1-3H3,(H,24,25). The van der Waals surface area contributed by atoms with Gasteiger partial charge in [-0.15, -0.1) is 0 Å². The molecule has 3 heteroatoms. The Balaban J connectivity index is 1.87. The third-order valence-electron chi connectivity index (χ3n) is 4.41. The van der Waals surface area contributed by atoms with E-state index in [1.54, 1.807) is 0 Å². The maximum absolute atomic E-state index is 12.2. The summed E-state index contributed by atoms with van der Waals surface area (Å²) in [7, 11) is 0. The van der Waals surface area contributed by atoms with Crippen molar-refractivity contribution in [2.45, 2.75) is 58.8 Å². The van der Waals surface area contributed by atoms with Crippen LogP contribution in [0.5, 0.6) is 0 Å². The Labute approximate surface area is 160 Å². The van der Waals surface area contributed by atoms with Crippen LogP contribution in [-0.4, -0.2) is 5.91 Å². The molecule has 0 aliphatic carbocycles. The van der Waals surface area contributed by atoms with Crippen molar-refractivity contribution >= 4 is 27.5 Å². The van der Waals surface area contributed by atoms with E-state index in [4.69, 9.17) is 0 Å². The summed E-state index contributed by atoms with van der Waals surface area (Å²) in [5, 5.41) is 3.01. The second-order valence-corrected chi connectivity index (χ2v) is 7.72. The number of aryl methyl sites for hydroxylation is 2. The number of nitrogens with one attached hydrogen (secondary N) is 1. The van der Waals surface area contributed by atoms with Gasteiger partial charge in [0.2, 0.25) is 5.91 Å². The van der Waals surface area contributed by atoms with Crippen LogP contribution in [0, 0.1) is 0 Å². The largest absolute Gasteiger partial charge is 0.325 e. The first-order chi connectivity index (χ1) is 12.0. The first kappa shape index (κ1) is 19.7. The SMILES string of the molecule is CCCCc1ccc(NC(=O)CCc2ccc(C(C)C)cc2)c(Br)c1. The highest BCUT2D eigenvalue weighted by atomic mass is 79.9. The monoisotopic (exact) mass is 401 g/mol. The van der Waals surface area contributed by atoms with Crippen LogP contribution in [-0.2, 0) is 17.6 Å². The maximum atomic E-state index is 12.2. The van der Waals surface area contributed by atoms with Crippen LogP contribution in [0.3, 0.4) is 0 Å². The van der Waals surface area contributed by atoms with E-state index in [-0.39, 0.29) is 5.91 Å². The first-order valence-electron chi connectivity index (χ1n) is 9.16. The van der Waals surface area contributed by atoms with Gasteiger partial charge >= 0.3 is 0 Å². The van der Waals surface area contributed by atoms with Crippen molar-refractivity contribution in [3.63, 3.8) is 0 Å². The van der Waals surface area contributed by atoms with Crippen molar-refractivity contribution in [2.24, 2.45) is 0 Å². The van der Waals surface area contributed by atoms with E-state index in [2.05, 4.69) is 78.4 Å². The Morgan fingerprint density at radius 1 is 1.04 bits per heavy atom. The number of halogens is 1. The number of hydrogen-bond acceptors (Lipinski definition) is 1. The van der Waals surface area contributed by atoms with Crippen molar-refractivity contribution in [3.8, 4) is 0 Å². The van der Waals surface area contributed by atoms with Crippen molar-refractivity contribution in [3.05, 3.63) is 63.6 Å². The predicted molar refractivity (Wildman–Crippen MR) is 110 cm³/mol. The minimum absolute atomic E-state index is 0.0509. The van der Waals surface area contributed by atoms with E-state index in [0.29, 0.717) is 12.3 Å².